The molecule has 6 heteroatoms. The molecule has 0 saturated heterocycles. The van der Waals surface area contributed by atoms with E-state index in [1.54, 1.807) is 7.11 Å². The average Bonchev–Trinajstić information content (AvgIpc) is 2.70. The second-order valence-corrected chi connectivity index (χ2v) is 12.1. The zero-order valence-corrected chi connectivity index (χ0v) is 23.0. The molecule has 0 radical (unpaired) electrons. The fourth-order valence-electron chi connectivity index (χ4n) is 5.98. The van der Waals surface area contributed by atoms with Crippen molar-refractivity contribution in [3.05, 3.63) is 44.7 Å². The summed E-state index contributed by atoms with van der Waals surface area (Å²) in [5, 5.41) is 0. The number of carbonyl (C=O) groups is 2. The van der Waals surface area contributed by atoms with Crippen molar-refractivity contribution < 1.29 is 19.1 Å². The Labute approximate surface area is 211 Å². The molecular formula is C28H36BrNO4. The Bertz CT molecular complexity index is 1060. The molecule has 2 aliphatic carbocycles. The van der Waals surface area contributed by atoms with Gasteiger partial charge < -0.3 is 14.4 Å². The van der Waals surface area contributed by atoms with E-state index in [9.17, 15) is 9.59 Å². The smallest absolute Gasteiger partial charge is 0.174 e. The van der Waals surface area contributed by atoms with E-state index >= 15 is 0 Å². The van der Waals surface area contributed by atoms with Crippen LogP contribution in [0.25, 0.3) is 0 Å². The molecule has 0 amide bonds. The van der Waals surface area contributed by atoms with E-state index in [1.165, 1.54) is 0 Å². The van der Waals surface area contributed by atoms with Gasteiger partial charge in [0.1, 0.15) is 0 Å². The lowest BCUT2D eigenvalue weighted by atomic mass is 9.63. The first kappa shape index (κ1) is 25.0. The monoisotopic (exact) mass is 529 g/mol. The predicted molar refractivity (Wildman–Crippen MR) is 137 cm³/mol. The van der Waals surface area contributed by atoms with Crippen molar-refractivity contribution in [2.45, 2.75) is 73.1 Å². The molecule has 0 atom stereocenters. The normalized spacial score (nSPS) is 22.1. The minimum Gasteiger partial charge on any atom is -0.492 e. The molecule has 5 nitrogen and oxygen atoms in total. The van der Waals surface area contributed by atoms with Gasteiger partial charge in [0.05, 0.1) is 18.2 Å². The fourth-order valence-corrected chi connectivity index (χ4v) is 6.60. The van der Waals surface area contributed by atoms with Crippen LogP contribution < -0.4 is 9.47 Å². The predicted octanol–water partition coefficient (Wildman–Crippen LogP) is 6.56. The molecule has 4 rings (SSSR count). The van der Waals surface area contributed by atoms with Crippen LogP contribution in [0, 0.1) is 10.8 Å². The molecule has 0 bridgehead atoms. The number of hydrogen-bond acceptors (Lipinski definition) is 5. The lowest BCUT2D eigenvalue weighted by Crippen LogP contribution is -2.44. The molecule has 0 aromatic heterocycles. The maximum absolute atomic E-state index is 13.7. The second kappa shape index (κ2) is 8.85. The van der Waals surface area contributed by atoms with Crippen molar-refractivity contribution in [3.63, 3.8) is 0 Å². The SMILES string of the molecule is CCOc1cc(C2C3=C(CC(C)(C)CC3=O)N(CC)C3=C2C(=O)CC(C)(C)C3)cc(Br)c1OC. The molecule has 1 aliphatic heterocycles. The second-order valence-electron chi connectivity index (χ2n) is 11.2. The van der Waals surface area contributed by atoms with E-state index < -0.39 is 0 Å². The third-order valence-electron chi connectivity index (χ3n) is 7.21. The van der Waals surface area contributed by atoms with Gasteiger partial charge in [0.25, 0.3) is 0 Å². The first-order chi connectivity index (χ1) is 15.9. The Hall–Kier alpha value is -2.08. The molecule has 0 fully saturated rings. The maximum atomic E-state index is 13.7. The molecule has 0 unspecified atom stereocenters. The van der Waals surface area contributed by atoms with Gasteiger partial charge in [-0.1, -0.05) is 27.7 Å². The van der Waals surface area contributed by atoms with Gasteiger partial charge in [-0.05, 0) is 71.1 Å². The number of methoxy groups -OCH3 is 1. The zero-order valence-electron chi connectivity index (χ0n) is 21.4. The van der Waals surface area contributed by atoms with Crippen molar-refractivity contribution in [3.8, 4) is 11.5 Å². The van der Waals surface area contributed by atoms with Gasteiger partial charge in [-0.3, -0.25) is 9.59 Å². The molecule has 3 aliphatic rings. The van der Waals surface area contributed by atoms with Crippen molar-refractivity contribution in [1.29, 1.82) is 0 Å². The number of rotatable bonds is 5. The van der Waals surface area contributed by atoms with Crippen LogP contribution in [0.1, 0.15) is 78.7 Å². The third-order valence-corrected chi connectivity index (χ3v) is 7.80. The summed E-state index contributed by atoms with van der Waals surface area (Å²) in [6, 6.07) is 3.94. The number of ketones is 2. The topological polar surface area (TPSA) is 55.8 Å². The van der Waals surface area contributed by atoms with Crippen molar-refractivity contribution in [1.82, 2.24) is 4.90 Å². The average molecular weight is 531 g/mol. The number of ether oxygens (including phenoxy) is 2. The number of nitrogens with zero attached hydrogens (tertiary/aromatic N) is 1. The maximum Gasteiger partial charge on any atom is 0.174 e. The summed E-state index contributed by atoms with van der Waals surface area (Å²) >= 11 is 3.65. The molecule has 0 N–H and O–H groups in total. The minimum absolute atomic E-state index is 0.114. The molecule has 1 heterocycles. The van der Waals surface area contributed by atoms with Crippen LogP contribution in [0.5, 0.6) is 11.5 Å². The summed E-state index contributed by atoms with van der Waals surface area (Å²) in [6.45, 7) is 13.9. The lowest BCUT2D eigenvalue weighted by Gasteiger charge is -2.49. The Morgan fingerprint density at radius 2 is 1.47 bits per heavy atom. The van der Waals surface area contributed by atoms with Gasteiger partial charge in [-0.2, -0.15) is 0 Å². The number of carbonyl (C=O) groups excluding carboxylic acids is 2. The number of benzene rings is 1. The van der Waals surface area contributed by atoms with Gasteiger partial charge >= 0.3 is 0 Å². The van der Waals surface area contributed by atoms with Crippen LogP contribution in [-0.4, -0.2) is 36.7 Å². The fraction of sp³-hybridized carbons (Fsp3) is 0.571. The number of hydrogen-bond donors (Lipinski definition) is 0. The van der Waals surface area contributed by atoms with E-state index in [1.807, 2.05) is 19.1 Å². The quantitative estimate of drug-likeness (QED) is 0.432. The highest BCUT2D eigenvalue weighted by Gasteiger charge is 2.48. The molecule has 34 heavy (non-hydrogen) atoms. The third kappa shape index (κ3) is 4.23. The Balaban J connectivity index is 2.01. The number of Topliss-reactive ketones (excluding diaryl/α,β-unsaturated/α-hetero) is 2. The van der Waals surface area contributed by atoms with E-state index in [4.69, 9.17) is 9.47 Å². The Morgan fingerprint density at radius 3 is 1.91 bits per heavy atom. The minimum atomic E-state index is -0.388. The van der Waals surface area contributed by atoms with E-state index in [-0.39, 0.29) is 28.3 Å². The highest BCUT2D eigenvalue weighted by Crippen LogP contribution is 2.55. The molecule has 184 valence electrons. The van der Waals surface area contributed by atoms with Crippen molar-refractivity contribution >= 4 is 27.5 Å². The molecular weight excluding hydrogens is 494 g/mol. The molecule has 0 saturated carbocycles. The number of halogens is 1. The number of allylic oxidation sites excluding steroid dienone is 4. The van der Waals surface area contributed by atoms with E-state index in [0.717, 1.165) is 52.0 Å². The Kier molecular flexibility index (Phi) is 6.52. The van der Waals surface area contributed by atoms with E-state index in [0.29, 0.717) is 30.9 Å². The summed E-state index contributed by atoms with van der Waals surface area (Å²) < 4.78 is 12.2. The molecule has 1 aromatic carbocycles. The van der Waals surface area contributed by atoms with Crippen LogP contribution in [-0.2, 0) is 9.59 Å². The summed E-state index contributed by atoms with van der Waals surface area (Å²) in [4.78, 5) is 29.7. The summed E-state index contributed by atoms with van der Waals surface area (Å²) in [6.07, 6.45) is 2.61. The standard InChI is InChI=1S/C28H36BrNO4/c1-8-30-18-12-27(3,4)14-20(31)24(18)23(25-19(30)13-28(5,6)15-21(25)32)16-10-17(29)26(33-7)22(11-16)34-9-2/h10-11,23H,8-9,12-15H2,1-7H3. The van der Waals surface area contributed by atoms with Gasteiger partial charge in [-0.15, -0.1) is 0 Å². The van der Waals surface area contributed by atoms with Gasteiger partial charge in [0.2, 0.25) is 0 Å². The lowest BCUT2D eigenvalue weighted by molar-refractivity contribution is -0.119. The first-order valence-electron chi connectivity index (χ1n) is 12.2. The van der Waals surface area contributed by atoms with E-state index in [2.05, 4.69) is 55.4 Å². The van der Waals surface area contributed by atoms with Crippen LogP contribution >= 0.6 is 15.9 Å². The molecule has 1 aromatic rings. The summed E-state index contributed by atoms with van der Waals surface area (Å²) in [5.41, 5.74) is 4.41. The summed E-state index contributed by atoms with van der Waals surface area (Å²) in [5.74, 6) is 1.13. The van der Waals surface area contributed by atoms with Crippen LogP contribution in [0.4, 0.5) is 0 Å². The van der Waals surface area contributed by atoms with Gasteiger partial charge in [0, 0.05) is 47.8 Å². The van der Waals surface area contributed by atoms with Crippen LogP contribution in [0.2, 0.25) is 0 Å². The largest absolute Gasteiger partial charge is 0.492 e. The van der Waals surface area contributed by atoms with Gasteiger partial charge in [-0.25, -0.2) is 0 Å². The van der Waals surface area contributed by atoms with Crippen molar-refractivity contribution in [2.24, 2.45) is 10.8 Å². The van der Waals surface area contributed by atoms with Crippen LogP contribution in [0.15, 0.2) is 39.1 Å². The highest BCUT2D eigenvalue weighted by molar-refractivity contribution is 9.10. The molecule has 0 spiro atoms. The van der Waals surface area contributed by atoms with Crippen LogP contribution in [0.3, 0.4) is 0 Å². The van der Waals surface area contributed by atoms with Crippen molar-refractivity contribution in [2.75, 3.05) is 20.3 Å². The Morgan fingerprint density at radius 1 is 0.941 bits per heavy atom. The zero-order chi connectivity index (χ0) is 25.0. The summed E-state index contributed by atoms with van der Waals surface area (Å²) in [7, 11) is 1.61. The van der Waals surface area contributed by atoms with Gasteiger partial charge in [0.15, 0.2) is 23.1 Å². The highest BCUT2D eigenvalue weighted by atomic mass is 79.9. The first-order valence-corrected chi connectivity index (χ1v) is 13.0.